The van der Waals surface area contributed by atoms with Gasteiger partial charge in [0.2, 0.25) is 0 Å². The number of carbonyl (C=O) groups is 1. The predicted octanol–water partition coefficient (Wildman–Crippen LogP) is 5.16. The Balaban J connectivity index is 1.70. The molecule has 1 aliphatic heterocycles. The predicted molar refractivity (Wildman–Crippen MR) is 122 cm³/mol. The maximum atomic E-state index is 11.3. The monoisotopic (exact) mass is 416 g/mol. The zero-order valence-electron chi connectivity index (χ0n) is 18.0. The zero-order chi connectivity index (χ0) is 22.0. The first kappa shape index (κ1) is 21.0. The van der Waals surface area contributed by atoms with Gasteiger partial charge in [-0.15, -0.1) is 12.3 Å². The summed E-state index contributed by atoms with van der Waals surface area (Å²) in [5, 5.41) is 10.4. The molecule has 0 saturated carbocycles. The first-order chi connectivity index (χ1) is 15.0. The third-order valence-electron chi connectivity index (χ3n) is 6.46. The van der Waals surface area contributed by atoms with Gasteiger partial charge in [-0.25, -0.2) is 4.79 Å². The number of aromatic amines is 1. The topological polar surface area (TPSA) is 65.6 Å². The number of likely N-dealkylation sites (tertiary alicyclic amines) is 1. The second-order valence-corrected chi connectivity index (χ2v) is 8.35. The van der Waals surface area contributed by atoms with Crippen molar-refractivity contribution in [3.8, 4) is 18.1 Å². The molecule has 2 aromatic carbocycles. The molecular formula is C26H28N2O3. The van der Waals surface area contributed by atoms with Crippen molar-refractivity contribution in [1.29, 1.82) is 0 Å². The fourth-order valence-corrected chi connectivity index (χ4v) is 4.81. The normalized spacial score (nSPS) is 19.3. The molecule has 5 nitrogen and oxygen atoms in total. The fraction of sp³-hybridized carbons (Fsp3) is 0.346. The molecule has 1 fully saturated rings. The minimum Gasteiger partial charge on any atom is -0.496 e. The number of benzene rings is 2. The molecular weight excluding hydrogens is 388 g/mol. The summed E-state index contributed by atoms with van der Waals surface area (Å²) in [6.07, 6.45) is 10.4. The van der Waals surface area contributed by atoms with Crippen molar-refractivity contribution in [2.75, 3.05) is 13.7 Å². The van der Waals surface area contributed by atoms with Crippen LogP contribution < -0.4 is 4.74 Å². The van der Waals surface area contributed by atoms with E-state index < -0.39 is 5.97 Å². The number of aryl methyl sites for hydroxylation is 1. The smallest absolute Gasteiger partial charge is 0.335 e. The highest BCUT2D eigenvalue weighted by Crippen LogP contribution is 2.39. The molecule has 1 aliphatic rings. The number of terminal acetylenes is 1. The molecule has 0 bridgehead atoms. The summed E-state index contributed by atoms with van der Waals surface area (Å²) >= 11 is 0. The zero-order valence-corrected chi connectivity index (χ0v) is 18.0. The number of aromatic carboxylic acids is 1. The van der Waals surface area contributed by atoms with Crippen LogP contribution in [0.5, 0.6) is 5.75 Å². The highest BCUT2D eigenvalue weighted by Gasteiger charge is 2.30. The van der Waals surface area contributed by atoms with Gasteiger partial charge in [-0.2, -0.15) is 0 Å². The van der Waals surface area contributed by atoms with Crippen molar-refractivity contribution >= 4 is 16.9 Å². The Morgan fingerprint density at radius 2 is 2.10 bits per heavy atom. The minimum atomic E-state index is -0.906. The molecule has 0 unspecified atom stereocenters. The number of aromatic nitrogens is 1. The molecule has 2 heterocycles. The number of hydrogen-bond donors (Lipinski definition) is 2. The van der Waals surface area contributed by atoms with Crippen molar-refractivity contribution in [3.05, 3.63) is 64.8 Å². The number of piperidine rings is 1. The highest BCUT2D eigenvalue weighted by molar-refractivity contribution is 5.88. The maximum Gasteiger partial charge on any atom is 0.335 e. The Morgan fingerprint density at radius 3 is 2.77 bits per heavy atom. The second-order valence-electron chi connectivity index (χ2n) is 8.35. The van der Waals surface area contributed by atoms with Crippen LogP contribution in [0.1, 0.15) is 52.4 Å². The van der Waals surface area contributed by atoms with Crippen LogP contribution in [0, 0.1) is 25.2 Å². The Bertz CT molecular complexity index is 1120. The number of rotatable bonds is 6. The van der Waals surface area contributed by atoms with Gasteiger partial charge < -0.3 is 14.8 Å². The van der Waals surface area contributed by atoms with Crippen LogP contribution in [0.4, 0.5) is 0 Å². The highest BCUT2D eigenvalue weighted by atomic mass is 16.5. The lowest BCUT2D eigenvalue weighted by Gasteiger charge is -2.40. The van der Waals surface area contributed by atoms with Crippen LogP contribution in [0.15, 0.2) is 42.6 Å². The van der Waals surface area contributed by atoms with Crippen molar-refractivity contribution in [2.45, 2.75) is 38.8 Å². The number of nitrogens with one attached hydrogen (secondary N) is 1. The lowest BCUT2D eigenvalue weighted by atomic mass is 9.84. The number of nitrogens with zero attached hydrogens (tertiary/aromatic N) is 1. The largest absolute Gasteiger partial charge is 0.496 e. The Labute approximate surface area is 183 Å². The molecule has 2 atom stereocenters. The van der Waals surface area contributed by atoms with Crippen molar-refractivity contribution in [3.63, 3.8) is 0 Å². The second kappa shape index (κ2) is 8.87. The van der Waals surface area contributed by atoms with Gasteiger partial charge in [0.25, 0.3) is 0 Å². The van der Waals surface area contributed by atoms with E-state index in [0.29, 0.717) is 11.5 Å². The number of carboxylic acids is 1. The number of methoxy groups -OCH3 is 1. The van der Waals surface area contributed by atoms with E-state index >= 15 is 0 Å². The number of hydrogen-bond acceptors (Lipinski definition) is 3. The summed E-state index contributed by atoms with van der Waals surface area (Å²) in [7, 11) is 1.72. The van der Waals surface area contributed by atoms with Crippen molar-refractivity contribution in [2.24, 2.45) is 5.92 Å². The van der Waals surface area contributed by atoms with Crippen LogP contribution in [0.2, 0.25) is 0 Å². The van der Waals surface area contributed by atoms with Crippen LogP contribution in [0.25, 0.3) is 10.9 Å². The number of H-pyrrole nitrogens is 1. The summed E-state index contributed by atoms with van der Waals surface area (Å²) in [4.78, 5) is 17.1. The SMILES string of the molecule is C#CC[C@H]1CCN(Cc2c(OC)cc(C)c3[nH]ccc23)[C@H](c2ccc(C(=O)O)cc2)C1. The van der Waals surface area contributed by atoms with E-state index in [9.17, 15) is 9.90 Å². The summed E-state index contributed by atoms with van der Waals surface area (Å²) in [5.74, 6) is 3.29. The number of ether oxygens (including phenoxy) is 1. The van der Waals surface area contributed by atoms with Gasteiger partial charge in [0.15, 0.2) is 0 Å². The van der Waals surface area contributed by atoms with E-state index in [0.717, 1.165) is 54.7 Å². The van der Waals surface area contributed by atoms with Crippen molar-refractivity contribution in [1.82, 2.24) is 9.88 Å². The Kier molecular flexibility index (Phi) is 6.01. The molecule has 0 amide bonds. The fourth-order valence-electron chi connectivity index (χ4n) is 4.81. The van der Waals surface area contributed by atoms with Crippen LogP contribution in [-0.2, 0) is 6.54 Å². The van der Waals surface area contributed by atoms with E-state index in [1.54, 1.807) is 19.2 Å². The Morgan fingerprint density at radius 1 is 1.32 bits per heavy atom. The number of fused-ring (bicyclic) bond motifs is 1. The molecule has 4 rings (SSSR count). The van der Waals surface area contributed by atoms with Gasteiger partial charge in [0.1, 0.15) is 5.75 Å². The molecule has 2 N–H and O–H groups in total. The van der Waals surface area contributed by atoms with E-state index in [1.807, 2.05) is 18.3 Å². The number of carboxylic acid groups (broad SMARTS) is 1. The van der Waals surface area contributed by atoms with Gasteiger partial charge in [-0.1, -0.05) is 12.1 Å². The first-order valence-electron chi connectivity index (χ1n) is 10.7. The van der Waals surface area contributed by atoms with Crippen molar-refractivity contribution < 1.29 is 14.6 Å². The third-order valence-corrected chi connectivity index (χ3v) is 6.46. The van der Waals surface area contributed by atoms with Crippen LogP contribution >= 0.6 is 0 Å². The van der Waals surface area contributed by atoms with E-state index in [4.69, 9.17) is 11.2 Å². The third kappa shape index (κ3) is 4.17. The Hall–Kier alpha value is -3.23. The lowest BCUT2D eigenvalue weighted by molar-refractivity contribution is 0.0696. The average molecular weight is 417 g/mol. The lowest BCUT2D eigenvalue weighted by Crippen LogP contribution is -2.36. The summed E-state index contributed by atoms with van der Waals surface area (Å²) in [6, 6.07) is 11.7. The molecule has 0 radical (unpaired) electrons. The van der Waals surface area contributed by atoms with Gasteiger partial charge in [-0.3, -0.25) is 4.90 Å². The van der Waals surface area contributed by atoms with Gasteiger partial charge in [0, 0.05) is 41.7 Å². The molecule has 31 heavy (non-hydrogen) atoms. The first-order valence-corrected chi connectivity index (χ1v) is 10.7. The molecule has 5 heteroatoms. The van der Waals surface area contributed by atoms with Gasteiger partial charge in [-0.05, 0) is 67.6 Å². The van der Waals surface area contributed by atoms with E-state index in [-0.39, 0.29) is 6.04 Å². The standard InChI is InChI=1S/C26H28N2O3/c1-4-5-18-11-13-28(23(15-18)19-6-8-20(9-7-19)26(29)30)16-22-21-10-12-27-25(21)17(2)14-24(22)31-3/h1,6-10,12,14,18,23,27H,5,11,13,15-16H2,2-3H3,(H,29,30)/t18-,23-/m0/s1. The molecule has 1 aromatic heterocycles. The van der Waals surface area contributed by atoms with Gasteiger partial charge >= 0.3 is 5.97 Å². The molecule has 3 aromatic rings. The summed E-state index contributed by atoms with van der Waals surface area (Å²) in [5.41, 5.74) is 4.91. The molecule has 1 saturated heterocycles. The van der Waals surface area contributed by atoms with E-state index in [2.05, 4.69) is 34.9 Å². The molecule has 0 spiro atoms. The molecule has 0 aliphatic carbocycles. The van der Waals surface area contributed by atoms with Gasteiger partial charge in [0.05, 0.1) is 12.7 Å². The van der Waals surface area contributed by atoms with Crippen LogP contribution in [-0.4, -0.2) is 34.6 Å². The maximum absolute atomic E-state index is 11.3. The van der Waals surface area contributed by atoms with Crippen LogP contribution in [0.3, 0.4) is 0 Å². The summed E-state index contributed by atoms with van der Waals surface area (Å²) < 4.78 is 5.76. The average Bonchev–Trinajstić information content (AvgIpc) is 3.27. The molecule has 160 valence electrons. The summed E-state index contributed by atoms with van der Waals surface area (Å²) in [6.45, 7) is 3.77. The quantitative estimate of drug-likeness (QED) is 0.545. The van der Waals surface area contributed by atoms with E-state index in [1.165, 1.54) is 10.9 Å². The minimum absolute atomic E-state index is 0.176.